The van der Waals surface area contributed by atoms with E-state index in [0.29, 0.717) is 4.90 Å². The van der Waals surface area contributed by atoms with Crippen molar-refractivity contribution in [3.05, 3.63) is 11.8 Å². The van der Waals surface area contributed by atoms with E-state index in [1.54, 1.807) is 6.26 Å². The molecule has 0 atom stereocenters. The standard InChI is InChI=1S/C10H13N3O8S2/c1-18-23(16,17)21-8-7(20-10(12)15)5(4-19-9(11)14)6(22-2)3-13-8/h3H,4H2,1-2H3,(H2,11,14)(H2,12,15). The van der Waals surface area contributed by atoms with Crippen LogP contribution >= 0.6 is 11.8 Å². The number of rotatable bonds is 7. The molecule has 4 N–H and O–H groups in total. The molecule has 1 rings (SSSR count). The van der Waals surface area contributed by atoms with E-state index >= 15 is 0 Å². The Morgan fingerprint density at radius 3 is 2.43 bits per heavy atom. The van der Waals surface area contributed by atoms with E-state index in [0.717, 1.165) is 18.9 Å². The van der Waals surface area contributed by atoms with Gasteiger partial charge in [-0.25, -0.2) is 18.8 Å². The van der Waals surface area contributed by atoms with Crippen molar-refractivity contribution < 1.29 is 35.8 Å². The van der Waals surface area contributed by atoms with Crippen molar-refractivity contribution in [2.24, 2.45) is 11.5 Å². The van der Waals surface area contributed by atoms with Crippen LogP contribution in [0.4, 0.5) is 9.59 Å². The smallest absolute Gasteiger partial charge is 0.445 e. The number of nitrogens with zero attached hydrogens (tertiary/aromatic N) is 1. The zero-order valence-electron chi connectivity index (χ0n) is 12.0. The van der Waals surface area contributed by atoms with Crippen molar-refractivity contribution in [2.45, 2.75) is 11.5 Å². The number of carbonyl (C=O) groups excluding carboxylic acids is 2. The first kappa shape index (κ1) is 18.8. The molecule has 2 amide bonds. The Morgan fingerprint density at radius 1 is 1.30 bits per heavy atom. The molecule has 0 bridgehead atoms. The maximum Gasteiger partial charge on any atom is 0.450 e. The minimum Gasteiger partial charge on any atom is -0.445 e. The van der Waals surface area contributed by atoms with Crippen LogP contribution in [0.3, 0.4) is 0 Å². The van der Waals surface area contributed by atoms with Crippen LogP contribution in [-0.2, 0) is 25.9 Å². The molecule has 0 saturated carbocycles. The van der Waals surface area contributed by atoms with Gasteiger partial charge in [-0.1, -0.05) is 0 Å². The van der Waals surface area contributed by atoms with Crippen LogP contribution in [0.2, 0.25) is 0 Å². The minimum atomic E-state index is -4.43. The fraction of sp³-hybridized carbons (Fsp3) is 0.300. The molecule has 0 unspecified atom stereocenters. The van der Waals surface area contributed by atoms with E-state index < -0.39 is 40.8 Å². The summed E-state index contributed by atoms with van der Waals surface area (Å²) in [6.07, 6.45) is 0.528. The summed E-state index contributed by atoms with van der Waals surface area (Å²) in [4.78, 5) is 25.9. The molecule has 0 aliphatic carbocycles. The van der Waals surface area contributed by atoms with Crippen LogP contribution in [0.15, 0.2) is 11.1 Å². The number of hydrogen-bond donors (Lipinski definition) is 2. The predicted octanol–water partition coefficient (Wildman–Crippen LogP) is 0.126. The fourth-order valence-corrected chi connectivity index (χ4v) is 2.28. The molecule has 11 nitrogen and oxygen atoms in total. The highest BCUT2D eigenvalue weighted by Gasteiger charge is 2.24. The van der Waals surface area contributed by atoms with Crippen LogP contribution in [0.25, 0.3) is 0 Å². The molecule has 0 saturated heterocycles. The van der Waals surface area contributed by atoms with Gasteiger partial charge in [-0.15, -0.1) is 11.8 Å². The van der Waals surface area contributed by atoms with E-state index in [1.807, 2.05) is 0 Å². The molecular formula is C10H13N3O8S2. The molecule has 0 aliphatic rings. The Bertz CT molecular complexity index is 706. The van der Waals surface area contributed by atoms with Crippen molar-refractivity contribution in [1.29, 1.82) is 0 Å². The summed E-state index contributed by atoms with van der Waals surface area (Å²) in [6.45, 7) is -0.431. The molecule has 0 radical (unpaired) electrons. The summed E-state index contributed by atoms with van der Waals surface area (Å²) in [5.74, 6) is -1.06. The van der Waals surface area contributed by atoms with Gasteiger partial charge in [0.2, 0.25) is 5.75 Å². The fourth-order valence-electron chi connectivity index (χ4n) is 1.35. The zero-order chi connectivity index (χ0) is 17.6. The largest absolute Gasteiger partial charge is 0.450 e. The third-order valence-corrected chi connectivity index (χ3v) is 3.79. The maximum absolute atomic E-state index is 11.4. The molecule has 0 spiro atoms. The summed E-state index contributed by atoms with van der Waals surface area (Å²) in [7, 11) is -3.57. The van der Waals surface area contributed by atoms with E-state index in [1.165, 1.54) is 6.20 Å². The van der Waals surface area contributed by atoms with Crippen LogP contribution < -0.4 is 20.4 Å². The van der Waals surface area contributed by atoms with Gasteiger partial charge < -0.3 is 25.1 Å². The van der Waals surface area contributed by atoms with Gasteiger partial charge in [0.05, 0.1) is 12.7 Å². The van der Waals surface area contributed by atoms with Crippen molar-refractivity contribution in [3.8, 4) is 11.6 Å². The molecule has 0 aromatic carbocycles. The van der Waals surface area contributed by atoms with Gasteiger partial charge in [-0.2, -0.15) is 8.42 Å². The summed E-state index contributed by atoms with van der Waals surface area (Å²) < 4.78 is 40.8. The summed E-state index contributed by atoms with van der Waals surface area (Å²) in [6, 6.07) is 0. The number of aromatic nitrogens is 1. The third-order valence-electron chi connectivity index (χ3n) is 2.23. The molecule has 23 heavy (non-hydrogen) atoms. The minimum absolute atomic E-state index is 0.0893. The van der Waals surface area contributed by atoms with Crippen LogP contribution in [-0.4, -0.2) is 39.0 Å². The van der Waals surface area contributed by atoms with Gasteiger partial charge in [0.1, 0.15) is 6.61 Å². The number of amides is 2. The van der Waals surface area contributed by atoms with Gasteiger partial charge in [0.15, 0.2) is 0 Å². The third kappa shape index (κ3) is 5.46. The van der Waals surface area contributed by atoms with Gasteiger partial charge in [-0.05, 0) is 6.26 Å². The summed E-state index contributed by atoms with van der Waals surface area (Å²) in [5, 5.41) is 0. The molecular weight excluding hydrogens is 354 g/mol. The second-order valence-electron chi connectivity index (χ2n) is 3.63. The normalized spacial score (nSPS) is 10.9. The van der Waals surface area contributed by atoms with E-state index in [4.69, 9.17) is 16.2 Å². The number of primary amides is 2. The average molecular weight is 367 g/mol. The lowest BCUT2D eigenvalue weighted by Gasteiger charge is -2.15. The molecule has 1 heterocycles. The lowest BCUT2D eigenvalue weighted by Crippen LogP contribution is -2.21. The Morgan fingerprint density at radius 2 is 1.96 bits per heavy atom. The summed E-state index contributed by atoms with van der Waals surface area (Å²) in [5.41, 5.74) is 9.91. The molecule has 1 aromatic rings. The Labute approximate surface area is 135 Å². The second kappa shape index (κ2) is 7.85. The van der Waals surface area contributed by atoms with E-state index in [-0.39, 0.29) is 5.56 Å². The van der Waals surface area contributed by atoms with Gasteiger partial charge in [0, 0.05) is 11.1 Å². The lowest BCUT2D eigenvalue weighted by molar-refractivity contribution is 0.147. The Balaban J connectivity index is 3.42. The first-order chi connectivity index (χ1) is 10.7. The number of hydrogen-bond acceptors (Lipinski definition) is 10. The Hall–Kier alpha value is -2.25. The zero-order valence-corrected chi connectivity index (χ0v) is 13.6. The summed E-state index contributed by atoms with van der Waals surface area (Å²) >= 11 is 1.16. The lowest BCUT2D eigenvalue weighted by atomic mass is 10.2. The maximum atomic E-state index is 11.4. The highest BCUT2D eigenvalue weighted by Crippen LogP contribution is 2.36. The van der Waals surface area contributed by atoms with Crippen molar-refractivity contribution in [2.75, 3.05) is 13.4 Å². The topological polar surface area (TPSA) is 170 Å². The van der Waals surface area contributed by atoms with E-state index in [9.17, 15) is 18.0 Å². The quantitative estimate of drug-likeness (QED) is 0.631. The number of pyridine rings is 1. The van der Waals surface area contributed by atoms with Crippen molar-refractivity contribution >= 4 is 34.3 Å². The van der Waals surface area contributed by atoms with Crippen LogP contribution in [0, 0.1) is 0 Å². The highest BCUT2D eigenvalue weighted by atomic mass is 32.3. The molecule has 128 valence electrons. The second-order valence-corrected chi connectivity index (χ2v) is 5.79. The molecule has 0 fully saturated rings. The van der Waals surface area contributed by atoms with Crippen molar-refractivity contribution in [3.63, 3.8) is 0 Å². The van der Waals surface area contributed by atoms with Gasteiger partial charge >= 0.3 is 22.6 Å². The van der Waals surface area contributed by atoms with E-state index in [2.05, 4.69) is 18.1 Å². The van der Waals surface area contributed by atoms with Gasteiger partial charge in [0.25, 0.3) is 5.88 Å². The van der Waals surface area contributed by atoms with Gasteiger partial charge in [-0.3, -0.25) is 0 Å². The SMILES string of the molecule is COS(=O)(=O)Oc1ncc(SC)c(COC(N)=O)c1OC(N)=O. The average Bonchev–Trinajstić information content (AvgIpc) is 2.46. The number of ether oxygens (including phenoxy) is 2. The number of nitrogens with two attached hydrogens (primary N) is 2. The van der Waals surface area contributed by atoms with Crippen molar-refractivity contribution in [1.82, 2.24) is 4.98 Å². The van der Waals surface area contributed by atoms with Crippen LogP contribution in [0.5, 0.6) is 11.6 Å². The first-order valence-corrected chi connectivity index (χ1v) is 8.21. The number of carbonyl (C=O) groups is 2. The molecule has 0 aliphatic heterocycles. The van der Waals surface area contributed by atoms with Crippen LogP contribution in [0.1, 0.15) is 5.56 Å². The molecule has 1 aromatic heterocycles. The predicted molar refractivity (Wildman–Crippen MR) is 77.2 cm³/mol. The first-order valence-electron chi connectivity index (χ1n) is 5.65. The Kier molecular flexibility index (Phi) is 6.41. The highest BCUT2D eigenvalue weighted by molar-refractivity contribution is 7.98. The molecule has 13 heteroatoms. The monoisotopic (exact) mass is 367 g/mol. The number of thioether (sulfide) groups is 1.